The van der Waals surface area contributed by atoms with Crippen LogP contribution in [-0.2, 0) is 56.6 Å². The van der Waals surface area contributed by atoms with Crippen molar-refractivity contribution < 1.29 is 84.9 Å². The van der Waals surface area contributed by atoms with Crippen molar-refractivity contribution in [3.8, 4) is 37.0 Å². The largest absolute Gasteiger partial charge is 0.459 e. The molecule has 2 aromatic rings. The van der Waals surface area contributed by atoms with E-state index in [0.717, 1.165) is 17.7 Å². The number of aliphatic hydroxyl groups is 6. The lowest BCUT2D eigenvalue weighted by Gasteiger charge is -2.49. The molecule has 0 spiro atoms. The number of aliphatic hydroxyl groups excluding tert-OH is 4. The molecule has 0 bridgehead atoms. The Morgan fingerprint density at radius 2 is 1.29 bits per heavy atom. The molecule has 0 amide bonds. The Labute approximate surface area is 607 Å². The molecule has 2 aromatic carbocycles. The summed E-state index contributed by atoms with van der Waals surface area (Å²) in [5.74, 6) is 4.28. The number of carbonyl (C=O) groups is 1. The highest BCUT2D eigenvalue weighted by Crippen LogP contribution is 2.40. The first-order valence-electron chi connectivity index (χ1n) is 33.5. The smallest absolute Gasteiger partial charge is 0.311 e. The molecular weight excluding hydrogens is 1340 g/mol. The van der Waals surface area contributed by atoms with Gasteiger partial charge in [-0.2, -0.15) is 8.42 Å². The number of ether oxygens (including phenoxy) is 6. The van der Waals surface area contributed by atoms with Gasteiger partial charge < -0.3 is 64.0 Å². The maximum absolute atomic E-state index is 14.3. The minimum absolute atomic E-state index is 0. The van der Waals surface area contributed by atoms with Gasteiger partial charge in [-0.15, -0.1) is 19.3 Å². The topological polar surface area (TPSA) is 281 Å². The Morgan fingerprint density at radius 1 is 0.780 bits per heavy atom. The zero-order valence-corrected chi connectivity index (χ0v) is 64.0. The summed E-state index contributed by atoms with van der Waals surface area (Å²) in [4.78, 5) is 20.9. The average molecular weight is 1470 g/mol. The predicted molar refractivity (Wildman–Crippen MR) is 399 cm³/mol. The number of carbonyl (C=O) groups excluding carboxylic acids is 1. The van der Waals surface area contributed by atoms with Gasteiger partial charge in [-0.05, 0) is 184 Å². The van der Waals surface area contributed by atoms with Gasteiger partial charge in [0.05, 0.1) is 64.5 Å². The van der Waals surface area contributed by atoms with Gasteiger partial charge in [0.1, 0.15) is 30.0 Å². The van der Waals surface area contributed by atoms with Crippen LogP contribution in [0.1, 0.15) is 156 Å². The Morgan fingerprint density at radius 3 is 1.74 bits per heavy atom. The summed E-state index contributed by atoms with van der Waals surface area (Å²) in [6.45, 7) is 34.5. The molecule has 572 valence electrons. The molecule has 0 radical (unpaired) electrons. The van der Waals surface area contributed by atoms with E-state index in [1.54, 1.807) is 71.9 Å². The highest BCUT2D eigenvalue weighted by atomic mass is 35.7. The van der Waals surface area contributed by atoms with E-state index in [1.807, 2.05) is 64.6 Å². The van der Waals surface area contributed by atoms with Crippen LogP contribution in [0.15, 0.2) is 94.8 Å². The monoisotopic (exact) mass is 1470 g/mol. The Balaban J connectivity index is 0. The van der Waals surface area contributed by atoms with Crippen LogP contribution in [0.25, 0.3) is 0 Å². The maximum Gasteiger partial charge on any atom is 0.311 e. The van der Waals surface area contributed by atoms with E-state index in [0.29, 0.717) is 31.6 Å². The number of hydrogen-bond donors (Lipinski definition) is 6. The Kier molecular flexibility index (Phi) is 45.1. The maximum atomic E-state index is 14.3. The van der Waals surface area contributed by atoms with Crippen LogP contribution in [0.3, 0.4) is 0 Å². The van der Waals surface area contributed by atoms with Gasteiger partial charge in [-0.25, -0.2) is 8.42 Å². The molecule has 21 nitrogen and oxygen atoms in total. The molecule has 3 heterocycles. The summed E-state index contributed by atoms with van der Waals surface area (Å²) in [5.41, 5.74) is -2.45. The number of nitrogens with zero attached hydrogens (tertiary/aromatic N) is 3. The van der Waals surface area contributed by atoms with E-state index in [-0.39, 0.29) is 75.2 Å². The molecule has 3 aliphatic heterocycles. The number of rotatable bonds is 18. The first kappa shape index (κ1) is 97.5. The number of cyclic esters (lactones) is 1. The second-order valence-corrected chi connectivity index (χ2v) is 31.0. The quantitative estimate of drug-likeness (QED) is 0.0350. The molecule has 3 aliphatic rings. The minimum Gasteiger partial charge on any atom is -0.459 e. The fourth-order valence-electron chi connectivity index (χ4n) is 12.2. The first-order chi connectivity index (χ1) is 45.5. The summed E-state index contributed by atoms with van der Waals surface area (Å²) in [5, 5.41) is 66.7. The highest BCUT2D eigenvalue weighted by molar-refractivity contribution is 8.13. The summed E-state index contributed by atoms with van der Waals surface area (Å²) >= 11 is 0. The van der Waals surface area contributed by atoms with Gasteiger partial charge in [-0.1, -0.05) is 108 Å². The average Bonchev–Trinajstić information content (AvgIpc) is 1.03. The van der Waals surface area contributed by atoms with Crippen molar-refractivity contribution in [3.63, 3.8) is 0 Å². The zero-order chi connectivity index (χ0) is 75.3. The number of aryl methyl sites for hydroxylation is 2. The van der Waals surface area contributed by atoms with E-state index in [1.165, 1.54) is 62.6 Å². The number of halogens is 1. The predicted octanol–water partition coefficient (Wildman–Crippen LogP) is 9.84. The normalized spacial score (nSPS) is 31.0. The van der Waals surface area contributed by atoms with Crippen LogP contribution < -0.4 is 0 Å². The van der Waals surface area contributed by atoms with Gasteiger partial charge >= 0.3 is 5.97 Å². The molecule has 0 aromatic heterocycles. The number of benzene rings is 2. The van der Waals surface area contributed by atoms with Gasteiger partial charge in [0.25, 0.3) is 19.2 Å². The molecular formula is C76H126ClN3O18S2. The van der Waals surface area contributed by atoms with Crippen molar-refractivity contribution in [1.82, 2.24) is 14.7 Å². The number of allylic oxidation sites excluding steroid dienone is 3. The molecule has 18 atom stereocenters. The van der Waals surface area contributed by atoms with Crippen LogP contribution in [0.4, 0.5) is 0 Å². The fourth-order valence-corrected chi connectivity index (χ4v) is 13.9. The van der Waals surface area contributed by atoms with E-state index in [9.17, 15) is 47.2 Å². The molecule has 6 N–H and O–H groups in total. The van der Waals surface area contributed by atoms with Crippen molar-refractivity contribution in [1.29, 1.82) is 0 Å². The van der Waals surface area contributed by atoms with Crippen LogP contribution in [0, 0.1) is 68.6 Å². The lowest BCUT2D eigenvalue weighted by molar-refractivity contribution is -0.318. The lowest BCUT2D eigenvalue weighted by atomic mass is 9.77. The van der Waals surface area contributed by atoms with E-state index in [2.05, 4.69) is 57.3 Å². The molecule has 3 saturated heterocycles. The molecule has 0 unspecified atom stereocenters. The molecule has 3 fully saturated rings. The number of methoxy groups -OCH3 is 1. The Hall–Kier alpha value is -4.60. The third-order valence-electron chi connectivity index (χ3n) is 17.9. The third kappa shape index (κ3) is 31.4. The van der Waals surface area contributed by atoms with Crippen LogP contribution in [-0.4, -0.2) is 225 Å². The van der Waals surface area contributed by atoms with Gasteiger partial charge in [0.15, 0.2) is 12.6 Å². The van der Waals surface area contributed by atoms with Crippen molar-refractivity contribution in [3.05, 3.63) is 96.1 Å². The second kappa shape index (κ2) is 46.3. The molecule has 0 aliphatic carbocycles. The Bertz CT molecular complexity index is 3100. The van der Waals surface area contributed by atoms with E-state index in [4.69, 9.17) is 67.7 Å². The number of terminal acetylenes is 3. The standard InChI is InChI=1S/C42H74N2O12.C12H12O3S.C8H19N.C7H7ClO2S.C5H6O.2CH4/c1-15-17-18-19-43(12)30-20-25(4)52-39(33(30)45)56-37-26(5)34(55-32-22-41(10,51-14)36(47)29(8)53-32)27(6)38(48)54-31(16-2)42(11,50)35(46)28(7)44(13)23-24(3)21-40(37,9)49;1-3-4-5-10-15-16(13,14)12-8-6-11(2)7-9-12;1-6-9(7(2)3)8(4)5;1-6-2-4-7(5-3-6)11(8,9)10;1-2-3-4-5-6;;/h1,17-18,24-37,39,45-47,49-50H,16,19-23H2,2-14H3;1,4-9H,10H2,2H3;7-8H,6H2,1-5H3;2-5H,1H3;1,3-4,6H,5H2;2*1H4/b18-17+;5-4+;;;4-3+;;/t24-,25-,26+,27-,28-,29+,30+,31-,32-,33-,34+,35-,36+,37-,39+,40-,41-,42-;;;;;;/m1....../s1. The number of esters is 1. The lowest BCUT2D eigenvalue weighted by Crippen LogP contribution is -2.60. The van der Waals surface area contributed by atoms with Crippen molar-refractivity contribution in [2.45, 2.75) is 270 Å². The van der Waals surface area contributed by atoms with E-state index < -0.39 is 115 Å². The molecule has 24 heteroatoms. The minimum atomic E-state index is -3.68. The fraction of sp³-hybridized carbons (Fsp3) is 0.671. The second-order valence-electron chi connectivity index (χ2n) is 26.9. The molecule has 5 rings (SSSR count). The number of likely N-dealkylation sites (N-methyl/N-ethyl adjacent to an activating group) is 2. The van der Waals surface area contributed by atoms with Crippen molar-refractivity contribution in [2.75, 3.05) is 54.1 Å². The SMILES string of the molecule is C.C.C#C/C=C/CN(C)[C@H]1C[C@@H](C)O[C@@H](O[C@@H]2[C@@H](C)[C@H](O[C@@H]3C[C@@](C)(OC)[C@@H](O)[C@H](C)O3)[C@@H](C)C(=O)O[C@H](CC)[C@@](C)(O)[C@H](O)[C@@H](C)N(C)C[C@H](C)C[C@@]2(C)O)[C@@H]1O.C#C/C=C/CO.C#C/C=C/COS(=O)(=O)c1ccc(C)cc1.CCN(C(C)C)C(C)C.Cc1ccc(S(=O)(=O)Cl)cc1. The molecule has 0 saturated carbocycles. The van der Waals surface area contributed by atoms with Crippen LogP contribution >= 0.6 is 10.7 Å². The van der Waals surface area contributed by atoms with Crippen LogP contribution in [0.2, 0.25) is 0 Å². The summed E-state index contributed by atoms with van der Waals surface area (Å²) in [6, 6.07) is 13.3. The summed E-state index contributed by atoms with van der Waals surface area (Å²) < 4.78 is 87.1. The highest BCUT2D eigenvalue weighted by Gasteiger charge is 2.53. The van der Waals surface area contributed by atoms with Gasteiger partial charge in [0.2, 0.25) is 0 Å². The summed E-state index contributed by atoms with van der Waals surface area (Å²) in [6.07, 6.45) is 15.7. The van der Waals surface area contributed by atoms with Crippen molar-refractivity contribution >= 4 is 35.8 Å². The number of hydrogen-bond acceptors (Lipinski definition) is 21. The van der Waals surface area contributed by atoms with Gasteiger partial charge in [0, 0.05) is 67.4 Å². The third-order valence-corrected chi connectivity index (χ3v) is 20.5. The van der Waals surface area contributed by atoms with Crippen molar-refractivity contribution in [2.24, 2.45) is 17.8 Å². The van der Waals surface area contributed by atoms with Gasteiger partial charge in [-0.3, -0.25) is 18.8 Å². The first-order valence-corrected chi connectivity index (χ1v) is 37.2. The molecule has 100 heavy (non-hydrogen) atoms. The summed E-state index contributed by atoms with van der Waals surface area (Å²) in [7, 11) is 3.08. The van der Waals surface area contributed by atoms with Crippen LogP contribution in [0.5, 0.6) is 0 Å². The zero-order valence-electron chi connectivity index (χ0n) is 61.6. The van der Waals surface area contributed by atoms with E-state index >= 15 is 0 Å².